The normalized spacial score (nSPS) is 13.6. The van der Waals surface area contributed by atoms with Crippen molar-refractivity contribution in [2.75, 3.05) is 7.11 Å². The van der Waals surface area contributed by atoms with Crippen molar-refractivity contribution in [3.8, 4) is 0 Å². The average Bonchev–Trinajstić information content (AvgIpc) is 2.40. The van der Waals surface area contributed by atoms with Crippen molar-refractivity contribution in [3.63, 3.8) is 0 Å². The molecule has 0 radical (unpaired) electrons. The number of benzene rings is 1. The van der Waals surface area contributed by atoms with E-state index in [0.717, 1.165) is 12.3 Å². The minimum absolute atomic E-state index is 0.370. The average molecular weight is 251 g/mol. The van der Waals surface area contributed by atoms with Crippen molar-refractivity contribution in [1.82, 2.24) is 0 Å². The van der Waals surface area contributed by atoms with Gasteiger partial charge in [0.05, 0.1) is 12.7 Å². The molecule has 1 unspecified atom stereocenters. The van der Waals surface area contributed by atoms with Gasteiger partial charge < -0.3 is 9.94 Å². The summed E-state index contributed by atoms with van der Waals surface area (Å²) in [6.07, 6.45) is 2.14. The number of esters is 1. The molecule has 0 aliphatic carbocycles. The van der Waals surface area contributed by atoms with Crippen LogP contribution in [0.25, 0.3) is 0 Å². The van der Waals surface area contributed by atoms with E-state index in [1.165, 1.54) is 13.2 Å². The van der Waals surface area contributed by atoms with Crippen LogP contribution < -0.4 is 0 Å². The number of rotatable bonds is 5. The zero-order chi connectivity index (χ0) is 13.4. The SMILES string of the molecule is COC(=O)/C=C\C=[N+](/[O-])C(OO)c1ccccc1. The van der Waals surface area contributed by atoms with Crippen molar-refractivity contribution in [2.45, 2.75) is 6.23 Å². The molecule has 1 N–H and O–H groups in total. The lowest BCUT2D eigenvalue weighted by molar-refractivity contribution is -0.606. The fourth-order valence-electron chi connectivity index (χ4n) is 1.22. The van der Waals surface area contributed by atoms with Gasteiger partial charge in [-0.2, -0.15) is 9.63 Å². The van der Waals surface area contributed by atoms with Crippen LogP contribution in [0.15, 0.2) is 42.5 Å². The van der Waals surface area contributed by atoms with Gasteiger partial charge in [-0.3, -0.25) is 0 Å². The number of methoxy groups -OCH3 is 1. The lowest BCUT2D eigenvalue weighted by Crippen LogP contribution is -2.16. The monoisotopic (exact) mass is 251 g/mol. The summed E-state index contributed by atoms with van der Waals surface area (Å²) in [5, 5.41) is 20.3. The van der Waals surface area contributed by atoms with Gasteiger partial charge in [-0.05, 0) is 12.1 Å². The summed E-state index contributed by atoms with van der Waals surface area (Å²) in [5.41, 5.74) is 0.484. The van der Waals surface area contributed by atoms with Crippen molar-refractivity contribution >= 4 is 12.2 Å². The third-order valence-electron chi connectivity index (χ3n) is 2.08. The van der Waals surface area contributed by atoms with Gasteiger partial charge in [-0.1, -0.05) is 18.2 Å². The summed E-state index contributed by atoms with van der Waals surface area (Å²) in [6, 6.07) is 8.44. The highest BCUT2D eigenvalue weighted by Gasteiger charge is 2.18. The summed E-state index contributed by atoms with van der Waals surface area (Å²) in [5.74, 6) is -0.583. The Morgan fingerprint density at radius 1 is 1.44 bits per heavy atom. The van der Waals surface area contributed by atoms with Crippen molar-refractivity contribution in [3.05, 3.63) is 53.3 Å². The fraction of sp³-hybridized carbons (Fsp3) is 0.167. The van der Waals surface area contributed by atoms with E-state index in [-0.39, 0.29) is 0 Å². The Bertz CT molecular complexity index is 441. The molecule has 0 heterocycles. The lowest BCUT2D eigenvalue weighted by Gasteiger charge is -2.12. The molecular weight excluding hydrogens is 238 g/mol. The molecule has 0 fully saturated rings. The van der Waals surface area contributed by atoms with E-state index in [1.807, 2.05) is 0 Å². The second-order valence-electron chi connectivity index (χ2n) is 3.26. The zero-order valence-corrected chi connectivity index (χ0v) is 9.72. The van der Waals surface area contributed by atoms with Gasteiger partial charge in [0.15, 0.2) is 6.21 Å². The molecule has 0 saturated heterocycles. The molecule has 96 valence electrons. The molecule has 0 aromatic heterocycles. The number of ether oxygens (including phenoxy) is 1. The van der Waals surface area contributed by atoms with Crippen LogP contribution in [0.2, 0.25) is 0 Å². The summed E-state index contributed by atoms with van der Waals surface area (Å²) in [4.78, 5) is 14.9. The third kappa shape index (κ3) is 4.00. The molecule has 0 amide bonds. The molecule has 1 aromatic rings. The predicted octanol–water partition coefficient (Wildman–Crippen LogP) is 1.49. The fourth-order valence-corrected chi connectivity index (χ4v) is 1.22. The Hall–Kier alpha value is -2.18. The van der Waals surface area contributed by atoms with Crippen molar-refractivity contribution in [1.29, 1.82) is 0 Å². The molecule has 0 bridgehead atoms. The Labute approximate surface area is 104 Å². The van der Waals surface area contributed by atoms with E-state index in [4.69, 9.17) is 5.26 Å². The Kier molecular flexibility index (Phi) is 5.56. The maximum absolute atomic E-state index is 11.6. The Morgan fingerprint density at radius 2 is 2.11 bits per heavy atom. The highest BCUT2D eigenvalue weighted by atomic mass is 17.1. The first-order valence-electron chi connectivity index (χ1n) is 5.09. The second-order valence-corrected chi connectivity index (χ2v) is 3.26. The molecule has 1 atom stereocenters. The van der Waals surface area contributed by atoms with Gasteiger partial charge >= 0.3 is 12.2 Å². The molecule has 1 rings (SSSR count). The molecule has 0 aliphatic heterocycles. The maximum atomic E-state index is 11.6. The van der Waals surface area contributed by atoms with Crippen LogP contribution in [0, 0.1) is 5.21 Å². The van der Waals surface area contributed by atoms with Crippen molar-refractivity contribution < 1.29 is 24.4 Å². The molecule has 1 aromatic carbocycles. The van der Waals surface area contributed by atoms with Gasteiger partial charge in [0.1, 0.15) is 0 Å². The molecule has 18 heavy (non-hydrogen) atoms. The number of hydrogen-bond acceptors (Lipinski definition) is 5. The number of allylic oxidation sites excluding steroid dienone is 1. The van der Waals surface area contributed by atoms with Crippen LogP contribution in [0.1, 0.15) is 11.8 Å². The first kappa shape index (κ1) is 13.9. The molecule has 0 saturated carbocycles. The summed E-state index contributed by atoms with van der Waals surface area (Å²) in [7, 11) is 1.23. The Balaban J connectivity index is 2.80. The lowest BCUT2D eigenvalue weighted by atomic mass is 10.2. The van der Waals surface area contributed by atoms with Gasteiger partial charge in [0.2, 0.25) is 0 Å². The van der Waals surface area contributed by atoms with Crippen LogP contribution in [-0.4, -0.2) is 29.3 Å². The molecule has 6 nitrogen and oxygen atoms in total. The summed E-state index contributed by atoms with van der Waals surface area (Å²) < 4.78 is 4.73. The Morgan fingerprint density at radius 3 is 2.67 bits per heavy atom. The van der Waals surface area contributed by atoms with E-state index >= 15 is 0 Å². The number of carbonyl (C=O) groups excluding carboxylic acids is 1. The van der Waals surface area contributed by atoms with Crippen molar-refractivity contribution in [2.24, 2.45) is 0 Å². The van der Waals surface area contributed by atoms with Gasteiger partial charge in [-0.25, -0.2) is 10.1 Å². The maximum Gasteiger partial charge on any atom is 0.330 e. The number of nitrogens with zero attached hydrogens (tertiary/aromatic N) is 1. The van der Waals surface area contributed by atoms with E-state index in [9.17, 15) is 10.0 Å². The van der Waals surface area contributed by atoms with E-state index in [0.29, 0.717) is 10.3 Å². The minimum atomic E-state index is -1.19. The van der Waals surface area contributed by atoms with E-state index in [1.54, 1.807) is 30.3 Å². The largest absolute Gasteiger partial charge is 0.622 e. The second kappa shape index (κ2) is 7.21. The minimum Gasteiger partial charge on any atom is -0.622 e. The summed E-state index contributed by atoms with van der Waals surface area (Å²) >= 11 is 0. The molecule has 0 aliphatic rings. The first-order valence-corrected chi connectivity index (χ1v) is 5.09. The van der Waals surface area contributed by atoms with Crippen LogP contribution in [0.3, 0.4) is 0 Å². The number of hydroxylamine groups is 1. The highest BCUT2D eigenvalue weighted by molar-refractivity contribution is 5.86. The van der Waals surface area contributed by atoms with Crippen LogP contribution >= 0.6 is 0 Å². The topological polar surface area (TPSA) is 81.8 Å². The zero-order valence-electron chi connectivity index (χ0n) is 9.72. The van der Waals surface area contributed by atoms with Crippen LogP contribution in [0.4, 0.5) is 0 Å². The first-order chi connectivity index (χ1) is 8.69. The number of carbonyl (C=O) groups is 1. The molecule has 6 heteroatoms. The predicted molar refractivity (Wildman–Crippen MR) is 63.7 cm³/mol. The standard InChI is InChI=1S/C12H13NO5/c1-17-11(14)8-5-9-13(15)12(18-16)10-6-3-2-4-7-10/h2-9,12,16H,1H3/b8-5-,13-9-. The van der Waals surface area contributed by atoms with Gasteiger partial charge in [-0.15, -0.1) is 0 Å². The highest BCUT2D eigenvalue weighted by Crippen LogP contribution is 2.15. The quantitative estimate of drug-likeness (QED) is 0.125. The van der Waals surface area contributed by atoms with Gasteiger partial charge in [0, 0.05) is 12.2 Å². The van der Waals surface area contributed by atoms with Crippen LogP contribution in [-0.2, 0) is 14.4 Å². The summed E-state index contributed by atoms with van der Waals surface area (Å²) in [6.45, 7) is 0. The van der Waals surface area contributed by atoms with Gasteiger partial charge in [0.25, 0.3) is 0 Å². The van der Waals surface area contributed by atoms with E-state index < -0.39 is 12.2 Å². The number of hydrogen-bond donors (Lipinski definition) is 1. The molecular formula is C12H13NO5. The third-order valence-corrected chi connectivity index (χ3v) is 2.08. The van der Waals surface area contributed by atoms with E-state index in [2.05, 4.69) is 9.62 Å². The smallest absolute Gasteiger partial charge is 0.330 e. The molecule has 0 spiro atoms. The van der Waals surface area contributed by atoms with Crippen LogP contribution in [0.5, 0.6) is 0 Å².